The molecular formula is C21H23ClN2O3. The molecule has 6 heteroatoms. The van der Waals surface area contributed by atoms with Crippen molar-refractivity contribution in [1.29, 1.82) is 0 Å². The second-order valence-electron chi connectivity index (χ2n) is 7.01. The maximum absolute atomic E-state index is 12.8. The fraction of sp³-hybridized carbons (Fsp3) is 0.381. The normalized spacial score (nSPS) is 16.5. The highest BCUT2D eigenvalue weighted by atomic mass is 35.5. The number of benzene rings is 1. The Bertz CT molecular complexity index is 926. The molecule has 4 rings (SSSR count). The summed E-state index contributed by atoms with van der Waals surface area (Å²) in [6, 6.07) is 9.42. The van der Waals surface area contributed by atoms with Gasteiger partial charge in [-0.25, -0.2) is 0 Å². The van der Waals surface area contributed by atoms with Crippen LogP contribution < -0.4 is 5.32 Å². The Morgan fingerprint density at radius 3 is 2.74 bits per heavy atom. The first-order chi connectivity index (χ1) is 13.1. The number of hydrogen-bond donors (Lipinski definition) is 1. The second-order valence-corrected chi connectivity index (χ2v) is 7.42. The van der Waals surface area contributed by atoms with Gasteiger partial charge >= 0.3 is 0 Å². The number of fused-ring (bicyclic) bond motifs is 1. The predicted molar refractivity (Wildman–Crippen MR) is 105 cm³/mol. The van der Waals surface area contributed by atoms with E-state index in [1.807, 2.05) is 31.2 Å². The van der Waals surface area contributed by atoms with Crippen LogP contribution in [0.15, 0.2) is 45.4 Å². The zero-order chi connectivity index (χ0) is 18.8. The van der Waals surface area contributed by atoms with Crippen LogP contribution >= 0.6 is 11.6 Å². The summed E-state index contributed by atoms with van der Waals surface area (Å²) in [5.41, 5.74) is 1.36. The molecule has 142 valence electrons. The molecule has 1 fully saturated rings. The van der Waals surface area contributed by atoms with Crippen LogP contribution in [0.25, 0.3) is 11.0 Å². The van der Waals surface area contributed by atoms with Crippen LogP contribution in [0.3, 0.4) is 0 Å². The third-order valence-corrected chi connectivity index (χ3v) is 5.58. The fourth-order valence-electron chi connectivity index (χ4n) is 3.82. The fourth-order valence-corrected chi connectivity index (χ4v) is 4.03. The van der Waals surface area contributed by atoms with Gasteiger partial charge in [0.2, 0.25) is 0 Å². The number of aryl methyl sites for hydroxylation is 1. The summed E-state index contributed by atoms with van der Waals surface area (Å²) < 4.78 is 11.4. The molecule has 0 radical (unpaired) electrons. The maximum atomic E-state index is 12.8. The van der Waals surface area contributed by atoms with Gasteiger partial charge in [-0.2, -0.15) is 0 Å². The molecule has 2 aromatic heterocycles. The molecule has 0 saturated carbocycles. The number of nitrogens with one attached hydrogen (secondary N) is 1. The zero-order valence-electron chi connectivity index (χ0n) is 15.3. The van der Waals surface area contributed by atoms with E-state index in [1.165, 1.54) is 19.3 Å². The van der Waals surface area contributed by atoms with Crippen molar-refractivity contribution in [3.8, 4) is 0 Å². The average molecular weight is 387 g/mol. The zero-order valence-corrected chi connectivity index (χ0v) is 16.1. The summed E-state index contributed by atoms with van der Waals surface area (Å²) in [6.45, 7) is 4.38. The lowest BCUT2D eigenvalue weighted by atomic mass is 10.1. The topological polar surface area (TPSA) is 58.6 Å². The van der Waals surface area contributed by atoms with E-state index in [1.54, 1.807) is 12.3 Å². The van der Waals surface area contributed by atoms with Gasteiger partial charge in [0.15, 0.2) is 11.3 Å². The molecular weight excluding hydrogens is 364 g/mol. The standard InChI is InChI=1S/C21H23ClN2O3/c1-14-15-7-5-8-16(22)20(15)27-19(14)21(25)23-13-17(18-9-6-12-26-18)24-10-3-2-4-11-24/h5-9,12,17H,2-4,10-11,13H2,1H3,(H,23,25). The van der Waals surface area contributed by atoms with Crippen LogP contribution in [0, 0.1) is 6.92 Å². The van der Waals surface area contributed by atoms with E-state index < -0.39 is 0 Å². The smallest absolute Gasteiger partial charge is 0.287 e. The largest absolute Gasteiger partial charge is 0.468 e. The van der Waals surface area contributed by atoms with Crippen molar-refractivity contribution in [2.24, 2.45) is 0 Å². The number of likely N-dealkylation sites (tertiary alicyclic amines) is 1. The van der Waals surface area contributed by atoms with E-state index in [9.17, 15) is 4.79 Å². The second kappa shape index (κ2) is 7.79. The highest BCUT2D eigenvalue weighted by molar-refractivity contribution is 6.35. The molecule has 3 heterocycles. The van der Waals surface area contributed by atoms with Gasteiger partial charge in [0.1, 0.15) is 5.76 Å². The first kappa shape index (κ1) is 18.1. The molecule has 0 bridgehead atoms. The molecule has 0 aliphatic carbocycles. The van der Waals surface area contributed by atoms with Gasteiger partial charge in [0, 0.05) is 17.5 Å². The monoisotopic (exact) mass is 386 g/mol. The summed E-state index contributed by atoms with van der Waals surface area (Å²) in [5, 5.41) is 4.41. The van der Waals surface area contributed by atoms with Crippen LogP contribution in [-0.2, 0) is 0 Å². The summed E-state index contributed by atoms with van der Waals surface area (Å²) in [6.07, 6.45) is 5.28. The Morgan fingerprint density at radius 2 is 2.04 bits per heavy atom. The van der Waals surface area contributed by atoms with Crippen molar-refractivity contribution >= 4 is 28.5 Å². The molecule has 1 saturated heterocycles. The van der Waals surface area contributed by atoms with E-state index in [0.29, 0.717) is 22.9 Å². The molecule has 5 nitrogen and oxygen atoms in total. The third-order valence-electron chi connectivity index (χ3n) is 5.28. The minimum absolute atomic E-state index is 0.0255. The van der Waals surface area contributed by atoms with Crippen LogP contribution in [0.4, 0.5) is 0 Å². The van der Waals surface area contributed by atoms with Crippen molar-refractivity contribution in [3.63, 3.8) is 0 Å². The van der Waals surface area contributed by atoms with Crippen molar-refractivity contribution < 1.29 is 13.6 Å². The third kappa shape index (κ3) is 3.62. The number of carbonyl (C=O) groups is 1. The number of halogens is 1. The Balaban J connectivity index is 1.53. The van der Waals surface area contributed by atoms with Gasteiger partial charge < -0.3 is 14.2 Å². The Labute approximate surface area is 163 Å². The number of para-hydroxylation sites is 1. The highest BCUT2D eigenvalue weighted by Gasteiger charge is 2.26. The number of hydrogen-bond acceptors (Lipinski definition) is 4. The molecule has 1 aliphatic heterocycles. The minimum Gasteiger partial charge on any atom is -0.468 e. The molecule has 1 N–H and O–H groups in total. The van der Waals surface area contributed by atoms with Crippen LogP contribution in [-0.4, -0.2) is 30.4 Å². The van der Waals surface area contributed by atoms with Gasteiger partial charge in [0.25, 0.3) is 5.91 Å². The first-order valence-corrected chi connectivity index (χ1v) is 9.76. The first-order valence-electron chi connectivity index (χ1n) is 9.38. The van der Waals surface area contributed by atoms with Crippen LogP contribution in [0.5, 0.6) is 0 Å². The van der Waals surface area contributed by atoms with Gasteiger partial charge in [-0.1, -0.05) is 30.2 Å². The summed E-state index contributed by atoms with van der Waals surface area (Å²) >= 11 is 6.20. The molecule has 1 atom stereocenters. The lowest BCUT2D eigenvalue weighted by Gasteiger charge is -2.33. The van der Waals surface area contributed by atoms with Crippen LogP contribution in [0.1, 0.15) is 47.2 Å². The number of furan rings is 2. The van der Waals surface area contributed by atoms with E-state index in [-0.39, 0.29) is 11.9 Å². The molecule has 0 spiro atoms. The van der Waals surface area contributed by atoms with E-state index in [0.717, 1.165) is 29.8 Å². The van der Waals surface area contributed by atoms with Crippen molar-refractivity contribution in [2.45, 2.75) is 32.2 Å². The maximum Gasteiger partial charge on any atom is 0.287 e. The molecule has 27 heavy (non-hydrogen) atoms. The van der Waals surface area contributed by atoms with E-state index in [2.05, 4.69) is 10.2 Å². The van der Waals surface area contributed by atoms with E-state index in [4.69, 9.17) is 20.4 Å². The average Bonchev–Trinajstić information content (AvgIpc) is 3.32. The van der Waals surface area contributed by atoms with Crippen molar-refractivity contribution in [2.75, 3.05) is 19.6 Å². The number of amides is 1. The van der Waals surface area contributed by atoms with Gasteiger partial charge in [-0.05, 0) is 51.1 Å². The minimum atomic E-state index is -0.228. The number of nitrogens with zero attached hydrogens (tertiary/aromatic N) is 1. The summed E-state index contributed by atoms with van der Waals surface area (Å²) in [4.78, 5) is 15.2. The molecule has 1 aromatic carbocycles. The Morgan fingerprint density at radius 1 is 1.22 bits per heavy atom. The lowest BCUT2D eigenvalue weighted by Crippen LogP contribution is -2.40. The molecule has 1 aliphatic rings. The van der Waals surface area contributed by atoms with Gasteiger partial charge in [-0.15, -0.1) is 0 Å². The predicted octanol–water partition coefficient (Wildman–Crippen LogP) is 4.94. The quantitative estimate of drug-likeness (QED) is 0.674. The van der Waals surface area contributed by atoms with E-state index >= 15 is 0 Å². The Hall–Kier alpha value is -2.24. The number of rotatable bonds is 5. The number of carbonyl (C=O) groups excluding carboxylic acids is 1. The van der Waals surface area contributed by atoms with Gasteiger partial charge in [-0.3, -0.25) is 9.69 Å². The van der Waals surface area contributed by atoms with Crippen molar-refractivity contribution in [3.05, 3.63) is 58.7 Å². The number of piperidine rings is 1. The molecule has 1 unspecified atom stereocenters. The molecule has 1 amide bonds. The summed E-state index contributed by atoms with van der Waals surface area (Å²) in [7, 11) is 0. The van der Waals surface area contributed by atoms with Gasteiger partial charge in [0.05, 0.1) is 17.3 Å². The Kier molecular flexibility index (Phi) is 5.23. The van der Waals surface area contributed by atoms with Crippen LogP contribution in [0.2, 0.25) is 5.02 Å². The lowest BCUT2D eigenvalue weighted by molar-refractivity contribution is 0.0888. The SMILES string of the molecule is Cc1c(C(=O)NCC(c2ccco2)N2CCCCC2)oc2c(Cl)cccc12. The highest BCUT2D eigenvalue weighted by Crippen LogP contribution is 2.31. The van der Waals surface area contributed by atoms with Crippen molar-refractivity contribution in [1.82, 2.24) is 10.2 Å². The molecule has 3 aromatic rings. The summed E-state index contributed by atoms with van der Waals surface area (Å²) in [5.74, 6) is 0.963.